The Morgan fingerprint density at radius 3 is 2.24 bits per heavy atom. The van der Waals surface area contributed by atoms with Crippen LogP contribution in [0.4, 0.5) is 4.79 Å². The van der Waals surface area contributed by atoms with E-state index >= 15 is 0 Å². The molecule has 0 aliphatic rings. The average molecular weight is 768 g/mol. The van der Waals surface area contributed by atoms with Crippen molar-refractivity contribution in [1.29, 1.82) is 0 Å². The fourth-order valence-corrected chi connectivity index (χ4v) is 5.42. The number of aromatic nitrogens is 4. The van der Waals surface area contributed by atoms with Crippen molar-refractivity contribution < 1.29 is 59.1 Å². The molecule has 19 nitrogen and oxygen atoms in total. The summed E-state index contributed by atoms with van der Waals surface area (Å²) >= 11 is 0. The molecule has 1 heterocycles. The quantitative estimate of drug-likeness (QED) is 0.0370. The summed E-state index contributed by atoms with van der Waals surface area (Å²) in [7, 11) is 0. The maximum Gasteiger partial charge on any atom is 0.515 e. The Hall–Kier alpha value is -5.38. The molecular formula is C36H45N7O12. The molecule has 4 rings (SSSR count). The molecular weight excluding hydrogens is 722 g/mol. The zero-order valence-electron chi connectivity index (χ0n) is 30.6. The first kappa shape index (κ1) is 42.4. The zero-order chi connectivity index (χ0) is 39.7. The van der Waals surface area contributed by atoms with Crippen LogP contribution in [0, 0.1) is 5.92 Å². The Balaban J connectivity index is 1.43. The highest BCUT2D eigenvalue weighted by Gasteiger charge is 2.33. The van der Waals surface area contributed by atoms with Gasteiger partial charge in [0.05, 0.1) is 30.6 Å². The summed E-state index contributed by atoms with van der Waals surface area (Å²) in [5.41, 5.74) is 3.55. The van der Waals surface area contributed by atoms with Gasteiger partial charge in [0.25, 0.3) is 0 Å². The molecule has 0 fully saturated rings. The molecule has 0 unspecified atom stereocenters. The summed E-state index contributed by atoms with van der Waals surface area (Å²) in [6, 6.07) is 20.3. The van der Waals surface area contributed by atoms with Crippen LogP contribution in [-0.4, -0.2) is 94.0 Å². The van der Waals surface area contributed by atoms with Gasteiger partial charge in [0.2, 0.25) is 18.5 Å². The second-order valence-electron chi connectivity index (χ2n) is 12.4. The molecule has 4 aromatic rings. The number of carbonyl (C=O) groups excluding carboxylic acids is 3. The lowest BCUT2D eigenvalue weighted by Gasteiger charge is -2.33. The minimum absolute atomic E-state index is 0.0333. The number of rotatable bonds is 21. The molecule has 0 saturated carbocycles. The van der Waals surface area contributed by atoms with Crippen molar-refractivity contribution in [3.8, 4) is 28.3 Å². The van der Waals surface area contributed by atoms with Gasteiger partial charge >= 0.3 is 12.1 Å². The monoisotopic (exact) mass is 767 g/mol. The molecule has 0 bridgehead atoms. The number of carbonyl (C=O) groups is 3. The van der Waals surface area contributed by atoms with E-state index in [1.807, 2.05) is 69.3 Å². The number of unbranched alkanes of at least 4 members (excludes halogenated alkanes) is 1. The van der Waals surface area contributed by atoms with Crippen LogP contribution in [0.15, 0.2) is 72.8 Å². The molecule has 55 heavy (non-hydrogen) atoms. The number of ether oxygens (including phenoxy) is 3. The molecule has 1 amide bonds. The third kappa shape index (κ3) is 13.5. The summed E-state index contributed by atoms with van der Waals surface area (Å²) in [6.07, 6.45) is 0.928. The predicted octanol–water partition coefficient (Wildman–Crippen LogP) is 5.18. The predicted molar refractivity (Wildman–Crippen MR) is 188 cm³/mol. The highest BCUT2D eigenvalue weighted by atomic mass is 17.1. The van der Waals surface area contributed by atoms with Crippen LogP contribution in [0.25, 0.3) is 22.5 Å². The number of amides is 1. The minimum atomic E-state index is -1.03. The van der Waals surface area contributed by atoms with E-state index in [1.54, 1.807) is 17.0 Å². The highest BCUT2D eigenvalue weighted by molar-refractivity contribution is 5.85. The fourth-order valence-electron chi connectivity index (χ4n) is 5.42. The molecule has 1 aromatic heterocycles. The summed E-state index contributed by atoms with van der Waals surface area (Å²) in [5.74, 6) is -0.578. The number of nitrogens with zero attached hydrogens (tertiary/aromatic N) is 7. The maximum absolute atomic E-state index is 13.5. The van der Waals surface area contributed by atoms with Gasteiger partial charge in [0, 0.05) is 24.9 Å². The van der Waals surface area contributed by atoms with Crippen molar-refractivity contribution in [3.05, 3.63) is 83.9 Å². The van der Waals surface area contributed by atoms with E-state index in [9.17, 15) is 14.4 Å². The van der Waals surface area contributed by atoms with Crippen molar-refractivity contribution in [1.82, 2.24) is 35.9 Å². The SMILES string of the molecule is CCCCC(=O)N(Cc1ccc(-c2ccccc2-c2nnn(COC(=O)Oc3cccc(CON(O)O)c3)n2)cc1)[C@H](C(=O)OCCCON(O)O)C(C)C. The van der Waals surface area contributed by atoms with E-state index in [0.717, 1.165) is 27.9 Å². The van der Waals surface area contributed by atoms with Gasteiger partial charge in [-0.15, -0.1) is 15.0 Å². The van der Waals surface area contributed by atoms with Crippen LogP contribution in [0.1, 0.15) is 57.6 Å². The number of benzene rings is 3. The number of esters is 1. The summed E-state index contributed by atoms with van der Waals surface area (Å²) in [4.78, 5) is 50.8. The smallest absolute Gasteiger partial charge is 0.464 e. The van der Waals surface area contributed by atoms with Gasteiger partial charge in [0.1, 0.15) is 11.8 Å². The van der Waals surface area contributed by atoms with Crippen LogP contribution in [-0.2, 0) is 48.6 Å². The van der Waals surface area contributed by atoms with Gasteiger partial charge in [-0.2, -0.15) is 0 Å². The normalized spacial score (nSPS) is 11.9. The highest BCUT2D eigenvalue weighted by Crippen LogP contribution is 2.30. The first-order chi connectivity index (χ1) is 26.4. The topological polar surface area (TPSA) is 232 Å². The Bertz CT molecular complexity index is 1820. The Labute approximate surface area is 316 Å². The standard InChI is InChI=1S/C36H45N7O12/c1-4-5-14-32(44)40(33(25(2)3)35(45)51-19-9-20-53-42(47)48)22-26-15-17-28(18-16-26)30-12-6-7-13-31(30)34-37-39-41(38-34)24-52-36(46)55-29-11-8-10-27(21-29)23-54-43(49)50/h6-8,10-13,15-18,21,25,33,47-50H,4-5,9,14,19-20,22-24H2,1-3H3/t33-/m0/s1. The Kier molecular flexibility index (Phi) is 16.6. The molecule has 0 aliphatic carbocycles. The van der Waals surface area contributed by atoms with Crippen molar-refractivity contribution in [2.75, 3.05) is 13.2 Å². The van der Waals surface area contributed by atoms with Gasteiger partial charge in [-0.3, -0.25) is 30.5 Å². The number of hydrogen-bond donors (Lipinski definition) is 4. The lowest BCUT2D eigenvalue weighted by Crippen LogP contribution is -2.48. The van der Waals surface area contributed by atoms with Crippen LogP contribution in [0.3, 0.4) is 0 Å². The summed E-state index contributed by atoms with van der Waals surface area (Å²) in [5, 5.41) is 46.5. The van der Waals surface area contributed by atoms with E-state index in [2.05, 4.69) is 25.1 Å². The van der Waals surface area contributed by atoms with Crippen LogP contribution in [0.2, 0.25) is 0 Å². The number of hydrogen-bond acceptors (Lipinski definition) is 17. The van der Waals surface area contributed by atoms with Crippen molar-refractivity contribution >= 4 is 18.0 Å². The van der Waals surface area contributed by atoms with Gasteiger partial charge in [-0.05, 0) is 51.9 Å². The molecule has 0 spiro atoms. The van der Waals surface area contributed by atoms with Crippen molar-refractivity contribution in [2.24, 2.45) is 5.92 Å². The molecule has 4 N–H and O–H groups in total. The molecule has 296 valence electrons. The van der Waals surface area contributed by atoms with Gasteiger partial charge in [-0.25, -0.2) is 14.4 Å². The molecule has 0 aliphatic heterocycles. The summed E-state index contributed by atoms with van der Waals surface area (Å²) < 4.78 is 15.8. The van der Waals surface area contributed by atoms with E-state index in [-0.39, 0.29) is 62.6 Å². The molecule has 0 saturated heterocycles. The Morgan fingerprint density at radius 1 is 0.818 bits per heavy atom. The Morgan fingerprint density at radius 2 is 1.55 bits per heavy atom. The fraction of sp³-hybridized carbons (Fsp3) is 0.389. The minimum Gasteiger partial charge on any atom is -0.464 e. The van der Waals surface area contributed by atoms with Crippen LogP contribution < -0.4 is 4.74 Å². The van der Waals surface area contributed by atoms with Crippen LogP contribution in [0.5, 0.6) is 5.75 Å². The van der Waals surface area contributed by atoms with Gasteiger partial charge < -0.3 is 19.1 Å². The van der Waals surface area contributed by atoms with Crippen molar-refractivity contribution in [3.63, 3.8) is 0 Å². The first-order valence-electron chi connectivity index (χ1n) is 17.4. The van der Waals surface area contributed by atoms with Gasteiger partial charge in [-0.1, -0.05) is 87.9 Å². The average Bonchev–Trinajstić information content (AvgIpc) is 3.64. The summed E-state index contributed by atoms with van der Waals surface area (Å²) in [6.45, 7) is 5.14. The van der Waals surface area contributed by atoms with Crippen LogP contribution >= 0.6 is 0 Å². The molecule has 3 aromatic carbocycles. The second kappa shape index (κ2) is 21.5. The second-order valence-corrected chi connectivity index (χ2v) is 12.4. The van der Waals surface area contributed by atoms with E-state index in [1.165, 1.54) is 12.1 Å². The molecule has 0 radical (unpaired) electrons. The number of tetrazole rings is 1. The first-order valence-corrected chi connectivity index (χ1v) is 17.4. The largest absolute Gasteiger partial charge is 0.515 e. The zero-order valence-corrected chi connectivity index (χ0v) is 30.6. The van der Waals surface area contributed by atoms with E-state index in [0.29, 0.717) is 17.5 Å². The molecule has 1 atom stereocenters. The lowest BCUT2D eigenvalue weighted by atomic mass is 9.97. The third-order valence-electron chi connectivity index (χ3n) is 8.00. The van der Waals surface area contributed by atoms with Gasteiger partial charge in [0.15, 0.2) is 0 Å². The third-order valence-corrected chi connectivity index (χ3v) is 8.00. The lowest BCUT2D eigenvalue weighted by molar-refractivity contribution is -0.497. The van der Waals surface area contributed by atoms with E-state index < -0.39 is 35.7 Å². The van der Waals surface area contributed by atoms with Crippen molar-refractivity contribution in [2.45, 2.75) is 72.4 Å². The maximum atomic E-state index is 13.5. The van der Waals surface area contributed by atoms with E-state index in [4.69, 9.17) is 35.0 Å². The molecule has 19 heteroatoms.